The summed E-state index contributed by atoms with van der Waals surface area (Å²) < 4.78 is 0. The van der Waals surface area contributed by atoms with Gasteiger partial charge in [-0.3, -0.25) is 5.14 Å². The first kappa shape index (κ1) is 8.68. The van der Waals surface area contributed by atoms with Crippen LogP contribution in [0.5, 0.6) is 0 Å². The van der Waals surface area contributed by atoms with Crippen molar-refractivity contribution in [1.29, 1.82) is 0 Å². The molecule has 3 heteroatoms. The van der Waals surface area contributed by atoms with Crippen LogP contribution in [0.3, 0.4) is 0 Å². The highest BCUT2D eigenvalue weighted by molar-refractivity contribution is 8.01. The SMILES string of the molecule is CCC1=CC(SN)=C(N)CC1. The molecule has 0 heterocycles. The molecule has 0 fully saturated rings. The Hall–Kier alpha value is -0.410. The Balaban J connectivity index is 2.78. The van der Waals surface area contributed by atoms with E-state index in [0.29, 0.717) is 0 Å². The van der Waals surface area contributed by atoms with E-state index in [1.165, 1.54) is 17.5 Å². The van der Waals surface area contributed by atoms with Crippen LogP contribution in [0.4, 0.5) is 0 Å². The molecule has 0 amide bonds. The van der Waals surface area contributed by atoms with Gasteiger partial charge in [0.1, 0.15) is 0 Å². The van der Waals surface area contributed by atoms with Crippen LogP contribution in [-0.2, 0) is 0 Å². The number of hydrogen-bond donors (Lipinski definition) is 2. The third-order valence-corrected chi connectivity index (χ3v) is 2.58. The van der Waals surface area contributed by atoms with Crippen molar-refractivity contribution in [2.24, 2.45) is 10.9 Å². The van der Waals surface area contributed by atoms with Crippen molar-refractivity contribution >= 4 is 11.9 Å². The first-order chi connectivity index (χ1) is 5.27. The fourth-order valence-corrected chi connectivity index (χ4v) is 1.65. The van der Waals surface area contributed by atoms with E-state index in [-0.39, 0.29) is 0 Å². The maximum Gasteiger partial charge on any atom is 0.0412 e. The lowest BCUT2D eigenvalue weighted by atomic mass is 10.0. The predicted molar refractivity (Wildman–Crippen MR) is 50.6 cm³/mol. The van der Waals surface area contributed by atoms with E-state index in [1.807, 2.05) is 0 Å². The van der Waals surface area contributed by atoms with E-state index >= 15 is 0 Å². The molecule has 0 atom stereocenters. The smallest absolute Gasteiger partial charge is 0.0412 e. The van der Waals surface area contributed by atoms with Crippen molar-refractivity contribution in [2.45, 2.75) is 26.2 Å². The molecule has 1 aliphatic carbocycles. The Morgan fingerprint density at radius 3 is 2.82 bits per heavy atom. The van der Waals surface area contributed by atoms with Crippen LogP contribution in [0, 0.1) is 0 Å². The van der Waals surface area contributed by atoms with Crippen LogP contribution in [0.25, 0.3) is 0 Å². The highest BCUT2D eigenvalue weighted by Gasteiger charge is 2.08. The lowest BCUT2D eigenvalue weighted by Crippen LogP contribution is -2.06. The highest BCUT2D eigenvalue weighted by Crippen LogP contribution is 2.27. The fourth-order valence-electron chi connectivity index (χ4n) is 1.16. The number of hydrogen-bond acceptors (Lipinski definition) is 3. The molecule has 11 heavy (non-hydrogen) atoms. The Bertz CT molecular complexity index is 206. The molecule has 0 bridgehead atoms. The molecule has 1 rings (SSSR count). The van der Waals surface area contributed by atoms with Crippen LogP contribution >= 0.6 is 11.9 Å². The normalized spacial score (nSPS) is 18.5. The van der Waals surface area contributed by atoms with E-state index in [1.54, 1.807) is 0 Å². The Labute approximate surface area is 71.8 Å². The van der Waals surface area contributed by atoms with E-state index in [4.69, 9.17) is 10.9 Å². The van der Waals surface area contributed by atoms with Crippen LogP contribution in [0.1, 0.15) is 26.2 Å². The molecule has 0 spiro atoms. The monoisotopic (exact) mass is 170 g/mol. The predicted octanol–water partition coefficient (Wildman–Crippen LogP) is 1.89. The zero-order chi connectivity index (χ0) is 8.27. The average molecular weight is 170 g/mol. The van der Waals surface area contributed by atoms with E-state index in [2.05, 4.69) is 13.0 Å². The molecule has 0 aliphatic heterocycles. The number of nitrogens with two attached hydrogens (primary N) is 2. The minimum Gasteiger partial charge on any atom is -0.401 e. The largest absolute Gasteiger partial charge is 0.401 e. The maximum atomic E-state index is 5.74. The third-order valence-electron chi connectivity index (χ3n) is 1.95. The van der Waals surface area contributed by atoms with Gasteiger partial charge in [0.25, 0.3) is 0 Å². The van der Waals surface area contributed by atoms with Gasteiger partial charge in [0.05, 0.1) is 0 Å². The number of rotatable bonds is 2. The van der Waals surface area contributed by atoms with Gasteiger partial charge >= 0.3 is 0 Å². The van der Waals surface area contributed by atoms with Crippen LogP contribution < -0.4 is 10.9 Å². The van der Waals surface area contributed by atoms with Crippen LogP contribution in [-0.4, -0.2) is 0 Å². The van der Waals surface area contributed by atoms with Crippen molar-refractivity contribution in [3.05, 3.63) is 22.3 Å². The molecule has 0 aromatic rings. The van der Waals surface area contributed by atoms with Crippen LogP contribution in [0.2, 0.25) is 0 Å². The number of allylic oxidation sites excluding steroid dienone is 3. The summed E-state index contributed by atoms with van der Waals surface area (Å²) in [5, 5.41) is 5.44. The van der Waals surface area contributed by atoms with Crippen LogP contribution in [0.15, 0.2) is 22.3 Å². The van der Waals surface area contributed by atoms with Gasteiger partial charge in [-0.1, -0.05) is 12.5 Å². The molecule has 1 aliphatic rings. The summed E-state index contributed by atoms with van der Waals surface area (Å²) in [6.45, 7) is 2.16. The molecule has 0 unspecified atom stereocenters. The second kappa shape index (κ2) is 3.83. The van der Waals surface area contributed by atoms with Gasteiger partial charge in [-0.2, -0.15) is 0 Å². The topological polar surface area (TPSA) is 52.0 Å². The molecule has 0 radical (unpaired) electrons. The summed E-state index contributed by atoms with van der Waals surface area (Å²) in [7, 11) is 0. The molecular weight excluding hydrogens is 156 g/mol. The average Bonchev–Trinajstić information content (AvgIpc) is 2.05. The molecule has 0 saturated heterocycles. The van der Waals surface area contributed by atoms with Gasteiger partial charge in [0, 0.05) is 10.6 Å². The van der Waals surface area contributed by atoms with Crippen molar-refractivity contribution < 1.29 is 0 Å². The first-order valence-electron chi connectivity index (χ1n) is 3.82. The van der Waals surface area contributed by atoms with E-state index in [0.717, 1.165) is 29.9 Å². The molecule has 0 saturated carbocycles. The molecular formula is C8H14N2S. The van der Waals surface area contributed by atoms with E-state index < -0.39 is 0 Å². The Morgan fingerprint density at radius 2 is 2.27 bits per heavy atom. The second-order valence-corrected chi connectivity index (χ2v) is 3.34. The quantitative estimate of drug-likeness (QED) is 0.622. The van der Waals surface area contributed by atoms with Gasteiger partial charge in [-0.25, -0.2) is 0 Å². The molecule has 2 nitrogen and oxygen atoms in total. The zero-order valence-electron chi connectivity index (χ0n) is 6.76. The van der Waals surface area contributed by atoms with E-state index in [9.17, 15) is 0 Å². The lowest BCUT2D eigenvalue weighted by Gasteiger charge is -2.14. The first-order valence-corrected chi connectivity index (χ1v) is 4.70. The van der Waals surface area contributed by atoms with Crippen molar-refractivity contribution in [3.63, 3.8) is 0 Å². The molecule has 0 aromatic heterocycles. The maximum absolute atomic E-state index is 5.74. The molecule has 62 valence electrons. The van der Waals surface area contributed by atoms with Crippen molar-refractivity contribution in [2.75, 3.05) is 0 Å². The van der Waals surface area contributed by atoms with Crippen molar-refractivity contribution in [3.8, 4) is 0 Å². The van der Waals surface area contributed by atoms with Gasteiger partial charge in [-0.15, -0.1) is 0 Å². The second-order valence-electron chi connectivity index (χ2n) is 2.66. The van der Waals surface area contributed by atoms with Gasteiger partial charge < -0.3 is 5.73 Å². The molecule has 0 aromatic carbocycles. The molecule has 4 N–H and O–H groups in total. The zero-order valence-corrected chi connectivity index (χ0v) is 7.58. The fraction of sp³-hybridized carbons (Fsp3) is 0.500. The summed E-state index contributed by atoms with van der Waals surface area (Å²) in [6.07, 6.45) is 5.30. The Morgan fingerprint density at radius 1 is 1.55 bits per heavy atom. The highest BCUT2D eigenvalue weighted by atomic mass is 32.2. The summed E-state index contributed by atoms with van der Waals surface area (Å²) in [5.41, 5.74) is 8.13. The standard InChI is InChI=1S/C8H14N2S/c1-2-6-3-4-7(9)8(5-6)11-10/h5H,2-4,9-10H2,1H3. The summed E-state index contributed by atoms with van der Waals surface area (Å²) >= 11 is 1.25. The van der Waals surface area contributed by atoms with Gasteiger partial charge in [0.15, 0.2) is 0 Å². The van der Waals surface area contributed by atoms with Gasteiger partial charge in [0.2, 0.25) is 0 Å². The van der Waals surface area contributed by atoms with Gasteiger partial charge in [-0.05, 0) is 37.3 Å². The summed E-state index contributed by atoms with van der Waals surface area (Å²) in [4.78, 5) is 1.05. The van der Waals surface area contributed by atoms with Crippen molar-refractivity contribution in [1.82, 2.24) is 0 Å². The Kier molecular flexibility index (Phi) is 3.02. The minimum absolute atomic E-state index is 0.940. The third kappa shape index (κ3) is 2.01. The minimum atomic E-state index is 0.940. The summed E-state index contributed by atoms with van der Waals surface area (Å²) in [5.74, 6) is 0. The lowest BCUT2D eigenvalue weighted by molar-refractivity contribution is 0.845. The summed E-state index contributed by atoms with van der Waals surface area (Å²) in [6, 6.07) is 0.